The molecule has 1 aromatic carbocycles. The Balaban J connectivity index is 2.16. The van der Waals surface area contributed by atoms with E-state index in [9.17, 15) is 0 Å². The van der Waals surface area contributed by atoms with Gasteiger partial charge in [0.1, 0.15) is 17.3 Å². The largest absolute Gasteiger partial charge is 0.494 e. The zero-order valence-corrected chi connectivity index (χ0v) is 13.2. The molecule has 0 spiro atoms. The van der Waals surface area contributed by atoms with Crippen molar-refractivity contribution in [3.05, 3.63) is 53.5 Å². The third kappa shape index (κ3) is 4.36. The number of hydrogen-bond donors (Lipinski definition) is 1. The quantitative estimate of drug-likeness (QED) is 0.778. The van der Waals surface area contributed by atoms with Gasteiger partial charge in [-0.2, -0.15) is 0 Å². The molecule has 21 heavy (non-hydrogen) atoms. The number of hydrogen-bond acceptors (Lipinski definition) is 3. The molecule has 1 unspecified atom stereocenters. The molecule has 2 aromatic rings. The summed E-state index contributed by atoms with van der Waals surface area (Å²) in [6.07, 6.45) is 2.11. The van der Waals surface area contributed by atoms with E-state index in [0.29, 0.717) is 0 Å². The zero-order chi connectivity index (χ0) is 15.1. The van der Waals surface area contributed by atoms with Gasteiger partial charge in [0.05, 0.1) is 12.6 Å². The first-order chi connectivity index (χ1) is 10.2. The number of furan rings is 1. The van der Waals surface area contributed by atoms with Crippen LogP contribution in [0.5, 0.6) is 5.75 Å². The van der Waals surface area contributed by atoms with Crippen LogP contribution in [0, 0.1) is 6.92 Å². The Kier molecular flexibility index (Phi) is 5.88. The summed E-state index contributed by atoms with van der Waals surface area (Å²) in [6.45, 7) is 7.96. The van der Waals surface area contributed by atoms with Crippen molar-refractivity contribution in [1.29, 1.82) is 0 Å². The Morgan fingerprint density at radius 1 is 1.05 bits per heavy atom. The minimum absolute atomic E-state index is 0.0962. The summed E-state index contributed by atoms with van der Waals surface area (Å²) >= 11 is 0. The molecule has 0 aliphatic carbocycles. The van der Waals surface area contributed by atoms with Gasteiger partial charge < -0.3 is 14.5 Å². The van der Waals surface area contributed by atoms with Crippen molar-refractivity contribution in [3.63, 3.8) is 0 Å². The highest BCUT2D eigenvalue weighted by Crippen LogP contribution is 2.25. The highest BCUT2D eigenvalue weighted by atomic mass is 16.5. The first-order valence-electron chi connectivity index (χ1n) is 7.77. The fourth-order valence-electron chi connectivity index (χ4n) is 2.26. The summed E-state index contributed by atoms with van der Waals surface area (Å²) in [4.78, 5) is 0. The molecule has 2 rings (SSSR count). The van der Waals surface area contributed by atoms with Crippen LogP contribution in [0.15, 0.2) is 40.8 Å². The smallest absolute Gasteiger partial charge is 0.125 e. The molecule has 0 saturated heterocycles. The molecule has 0 aliphatic rings. The van der Waals surface area contributed by atoms with Gasteiger partial charge in [0.25, 0.3) is 0 Å². The van der Waals surface area contributed by atoms with Crippen molar-refractivity contribution in [1.82, 2.24) is 5.32 Å². The Morgan fingerprint density at radius 2 is 1.81 bits per heavy atom. The van der Waals surface area contributed by atoms with E-state index in [0.717, 1.165) is 43.3 Å². The lowest BCUT2D eigenvalue weighted by Crippen LogP contribution is -2.22. The fourth-order valence-corrected chi connectivity index (χ4v) is 2.26. The summed E-state index contributed by atoms with van der Waals surface area (Å²) in [5.74, 6) is 2.82. The van der Waals surface area contributed by atoms with Crippen LogP contribution in [0.4, 0.5) is 0 Å². The van der Waals surface area contributed by atoms with E-state index in [1.165, 1.54) is 5.56 Å². The molecular weight excluding hydrogens is 262 g/mol. The Morgan fingerprint density at radius 3 is 2.38 bits per heavy atom. The van der Waals surface area contributed by atoms with Gasteiger partial charge >= 0.3 is 0 Å². The van der Waals surface area contributed by atoms with E-state index in [1.807, 2.05) is 31.2 Å². The minimum atomic E-state index is 0.0962. The zero-order valence-electron chi connectivity index (χ0n) is 13.2. The van der Waals surface area contributed by atoms with Crippen molar-refractivity contribution in [2.45, 2.75) is 39.7 Å². The fraction of sp³-hybridized carbons (Fsp3) is 0.444. The maximum absolute atomic E-state index is 5.80. The number of nitrogens with one attached hydrogen (secondary N) is 1. The molecule has 1 aromatic heterocycles. The highest BCUT2D eigenvalue weighted by molar-refractivity contribution is 5.33. The van der Waals surface area contributed by atoms with E-state index in [4.69, 9.17) is 9.15 Å². The van der Waals surface area contributed by atoms with E-state index in [-0.39, 0.29) is 6.04 Å². The molecule has 1 N–H and O–H groups in total. The van der Waals surface area contributed by atoms with Gasteiger partial charge in [-0.3, -0.25) is 0 Å². The minimum Gasteiger partial charge on any atom is -0.494 e. The number of ether oxygens (including phenoxy) is 1. The van der Waals surface area contributed by atoms with Crippen LogP contribution in [-0.2, 0) is 0 Å². The van der Waals surface area contributed by atoms with E-state index >= 15 is 0 Å². The van der Waals surface area contributed by atoms with Crippen LogP contribution < -0.4 is 10.1 Å². The summed E-state index contributed by atoms with van der Waals surface area (Å²) < 4.78 is 11.4. The summed E-state index contributed by atoms with van der Waals surface area (Å²) in [5, 5.41) is 3.54. The standard InChI is InChI=1S/C18H25NO2/c1-4-12-19-18(17-11-6-14(3)21-17)15-7-9-16(10-8-15)20-13-5-2/h6-11,18-19H,4-5,12-13H2,1-3H3. The molecule has 0 saturated carbocycles. The van der Waals surface area contributed by atoms with Gasteiger partial charge in [-0.15, -0.1) is 0 Å². The Labute approximate surface area is 127 Å². The molecule has 0 aliphatic heterocycles. The number of rotatable bonds is 8. The SMILES string of the molecule is CCCNC(c1ccc(OCCC)cc1)c1ccc(C)o1. The molecule has 114 valence electrons. The number of benzene rings is 1. The van der Waals surface area contributed by atoms with Crippen molar-refractivity contribution in [2.24, 2.45) is 0 Å². The average molecular weight is 287 g/mol. The molecule has 0 radical (unpaired) electrons. The van der Waals surface area contributed by atoms with Crippen molar-refractivity contribution in [2.75, 3.05) is 13.2 Å². The van der Waals surface area contributed by atoms with E-state index in [2.05, 4.69) is 31.3 Å². The molecule has 1 atom stereocenters. The average Bonchev–Trinajstić information content (AvgIpc) is 2.93. The van der Waals surface area contributed by atoms with E-state index < -0.39 is 0 Å². The van der Waals surface area contributed by atoms with Gasteiger partial charge in [0, 0.05) is 0 Å². The second-order valence-corrected chi connectivity index (χ2v) is 5.25. The highest BCUT2D eigenvalue weighted by Gasteiger charge is 2.16. The van der Waals surface area contributed by atoms with Gasteiger partial charge in [-0.1, -0.05) is 26.0 Å². The number of aryl methyl sites for hydroxylation is 1. The summed E-state index contributed by atoms with van der Waals surface area (Å²) in [5.41, 5.74) is 1.20. The second kappa shape index (κ2) is 7.89. The van der Waals surface area contributed by atoms with Gasteiger partial charge in [0.15, 0.2) is 0 Å². The lowest BCUT2D eigenvalue weighted by Gasteiger charge is -2.17. The van der Waals surface area contributed by atoms with Crippen LogP contribution in [0.1, 0.15) is 49.8 Å². The summed E-state index contributed by atoms with van der Waals surface area (Å²) in [7, 11) is 0. The lowest BCUT2D eigenvalue weighted by molar-refractivity contribution is 0.317. The third-order valence-corrected chi connectivity index (χ3v) is 3.33. The monoisotopic (exact) mass is 287 g/mol. The third-order valence-electron chi connectivity index (χ3n) is 3.33. The molecule has 0 amide bonds. The van der Waals surface area contributed by atoms with Gasteiger partial charge in [0.2, 0.25) is 0 Å². The van der Waals surface area contributed by atoms with Gasteiger partial charge in [-0.05, 0) is 56.1 Å². The normalized spacial score (nSPS) is 12.3. The van der Waals surface area contributed by atoms with Crippen LogP contribution >= 0.6 is 0 Å². The molecule has 0 bridgehead atoms. The first-order valence-corrected chi connectivity index (χ1v) is 7.77. The molecular formula is C18H25NO2. The predicted octanol–water partition coefficient (Wildman–Crippen LogP) is 4.47. The second-order valence-electron chi connectivity index (χ2n) is 5.25. The van der Waals surface area contributed by atoms with Crippen LogP contribution in [-0.4, -0.2) is 13.2 Å². The molecule has 0 fully saturated rings. The molecule has 3 heteroatoms. The molecule has 1 heterocycles. The maximum atomic E-state index is 5.80. The Bertz CT molecular complexity index is 530. The van der Waals surface area contributed by atoms with Crippen molar-refractivity contribution in [3.8, 4) is 5.75 Å². The van der Waals surface area contributed by atoms with Crippen LogP contribution in [0.25, 0.3) is 0 Å². The van der Waals surface area contributed by atoms with Crippen LogP contribution in [0.2, 0.25) is 0 Å². The van der Waals surface area contributed by atoms with Crippen molar-refractivity contribution >= 4 is 0 Å². The summed E-state index contributed by atoms with van der Waals surface area (Å²) in [6, 6.07) is 12.4. The Hall–Kier alpha value is -1.74. The van der Waals surface area contributed by atoms with Gasteiger partial charge in [-0.25, -0.2) is 0 Å². The van der Waals surface area contributed by atoms with Crippen LogP contribution in [0.3, 0.4) is 0 Å². The van der Waals surface area contributed by atoms with Crippen molar-refractivity contribution < 1.29 is 9.15 Å². The maximum Gasteiger partial charge on any atom is 0.125 e. The predicted molar refractivity (Wildman–Crippen MR) is 85.8 cm³/mol. The lowest BCUT2D eigenvalue weighted by atomic mass is 10.0. The molecule has 3 nitrogen and oxygen atoms in total. The first kappa shape index (κ1) is 15.6. The van der Waals surface area contributed by atoms with E-state index in [1.54, 1.807) is 0 Å². The topological polar surface area (TPSA) is 34.4 Å².